The van der Waals surface area contributed by atoms with Crippen LogP contribution in [0.3, 0.4) is 0 Å². The third-order valence-corrected chi connectivity index (χ3v) is 4.17. The molecule has 0 radical (unpaired) electrons. The Morgan fingerprint density at radius 2 is 1.75 bits per heavy atom. The maximum absolute atomic E-state index is 12.4. The van der Waals surface area contributed by atoms with Crippen LogP contribution in [0.2, 0.25) is 10.0 Å². The lowest BCUT2D eigenvalue weighted by Crippen LogP contribution is -2.16. The second-order valence-corrected chi connectivity index (χ2v) is 6.24. The van der Waals surface area contributed by atoms with Crippen molar-refractivity contribution in [3.8, 4) is 5.75 Å². The zero-order valence-corrected chi connectivity index (χ0v) is 16.4. The lowest BCUT2D eigenvalue weighted by Gasteiger charge is -2.10. The van der Waals surface area contributed by atoms with Gasteiger partial charge >= 0.3 is 11.9 Å². The Morgan fingerprint density at radius 1 is 1.00 bits per heavy atom. The van der Waals surface area contributed by atoms with Crippen LogP contribution < -0.4 is 4.74 Å². The van der Waals surface area contributed by atoms with Crippen molar-refractivity contribution in [2.45, 2.75) is 6.92 Å². The van der Waals surface area contributed by atoms with Crippen LogP contribution in [0, 0.1) is 0 Å². The van der Waals surface area contributed by atoms with Crippen LogP contribution in [0.1, 0.15) is 27.6 Å². The molecule has 0 saturated carbocycles. The Balaban J connectivity index is 2.09. The molecule has 0 aliphatic heterocycles. The Labute approximate surface area is 172 Å². The highest BCUT2D eigenvalue weighted by Gasteiger charge is 2.17. The zero-order chi connectivity index (χ0) is 20.5. The average Bonchev–Trinajstić information content (AvgIpc) is 2.68. The smallest absolute Gasteiger partial charge is 0.343 e. The number of benzene rings is 2. The SMILES string of the molecule is CC=CC=CC(=O)OCC(=O)c1ccccc1OC(=O)c1ccc(Cl)c(Cl)c1. The molecular weight excluding hydrogens is 403 g/mol. The number of ketones is 1. The van der Waals surface area contributed by atoms with Gasteiger partial charge in [-0.15, -0.1) is 0 Å². The van der Waals surface area contributed by atoms with Gasteiger partial charge in [0.15, 0.2) is 6.61 Å². The summed E-state index contributed by atoms with van der Waals surface area (Å²) in [5.74, 6) is -1.82. The fourth-order valence-electron chi connectivity index (χ4n) is 2.08. The van der Waals surface area contributed by atoms with Crippen molar-refractivity contribution in [1.82, 2.24) is 0 Å². The normalized spacial score (nSPS) is 11.0. The summed E-state index contributed by atoms with van der Waals surface area (Å²) >= 11 is 11.7. The van der Waals surface area contributed by atoms with E-state index in [0.29, 0.717) is 5.02 Å². The Kier molecular flexibility index (Phi) is 7.99. The van der Waals surface area contributed by atoms with E-state index in [4.69, 9.17) is 32.7 Å². The Hall–Kier alpha value is -2.89. The monoisotopic (exact) mass is 418 g/mol. The van der Waals surface area contributed by atoms with Gasteiger partial charge in [-0.05, 0) is 37.3 Å². The summed E-state index contributed by atoms with van der Waals surface area (Å²) in [5, 5.41) is 0.512. The lowest BCUT2D eigenvalue weighted by molar-refractivity contribution is -0.136. The molecule has 28 heavy (non-hydrogen) atoms. The Bertz CT molecular complexity index is 948. The Morgan fingerprint density at radius 3 is 2.46 bits per heavy atom. The number of para-hydroxylation sites is 1. The van der Waals surface area contributed by atoms with Crippen molar-refractivity contribution >= 4 is 40.9 Å². The van der Waals surface area contributed by atoms with Crippen LogP contribution in [0.5, 0.6) is 5.75 Å². The largest absolute Gasteiger partial charge is 0.454 e. The third-order valence-electron chi connectivity index (χ3n) is 3.43. The van der Waals surface area contributed by atoms with Gasteiger partial charge in [-0.25, -0.2) is 9.59 Å². The highest BCUT2D eigenvalue weighted by molar-refractivity contribution is 6.42. The molecule has 0 saturated heterocycles. The molecule has 0 atom stereocenters. The molecule has 0 N–H and O–H groups in total. The molecule has 144 valence electrons. The van der Waals surface area contributed by atoms with E-state index in [-0.39, 0.29) is 21.9 Å². The minimum Gasteiger partial charge on any atom is -0.454 e. The van der Waals surface area contributed by atoms with Gasteiger partial charge in [0.05, 0.1) is 21.2 Å². The maximum Gasteiger partial charge on any atom is 0.343 e. The number of carbonyl (C=O) groups is 3. The molecule has 5 nitrogen and oxygen atoms in total. The van der Waals surface area contributed by atoms with Crippen molar-refractivity contribution in [3.63, 3.8) is 0 Å². The standard InChI is InChI=1S/C21H16Cl2O5/c1-2-3-4-9-20(25)27-13-18(24)15-7-5-6-8-19(15)28-21(26)14-10-11-16(22)17(23)12-14/h2-12H,13H2,1H3. The summed E-state index contributed by atoms with van der Waals surface area (Å²) < 4.78 is 10.2. The van der Waals surface area contributed by atoms with Gasteiger partial charge in [-0.2, -0.15) is 0 Å². The van der Waals surface area contributed by atoms with Gasteiger partial charge in [0.25, 0.3) is 0 Å². The van der Waals surface area contributed by atoms with Crippen LogP contribution in [-0.2, 0) is 9.53 Å². The molecule has 0 unspecified atom stereocenters. The highest BCUT2D eigenvalue weighted by Crippen LogP contribution is 2.25. The first kappa shape index (κ1) is 21.4. The number of hydrogen-bond acceptors (Lipinski definition) is 5. The fraction of sp³-hybridized carbons (Fsp3) is 0.0952. The first-order valence-corrected chi connectivity index (χ1v) is 8.93. The lowest BCUT2D eigenvalue weighted by atomic mass is 10.1. The molecule has 0 spiro atoms. The zero-order valence-electron chi connectivity index (χ0n) is 14.9. The first-order chi connectivity index (χ1) is 13.4. The van der Waals surface area contributed by atoms with Crippen molar-refractivity contribution in [3.05, 3.63) is 87.9 Å². The second-order valence-electron chi connectivity index (χ2n) is 5.43. The first-order valence-electron chi connectivity index (χ1n) is 8.18. The van der Waals surface area contributed by atoms with Gasteiger partial charge in [0, 0.05) is 6.08 Å². The van der Waals surface area contributed by atoms with E-state index in [1.165, 1.54) is 42.5 Å². The van der Waals surface area contributed by atoms with Crippen LogP contribution in [0.25, 0.3) is 0 Å². The quantitative estimate of drug-likeness (QED) is 0.206. The van der Waals surface area contributed by atoms with Crippen LogP contribution in [-0.4, -0.2) is 24.3 Å². The van der Waals surface area contributed by atoms with Gasteiger partial charge in [0.2, 0.25) is 5.78 Å². The van der Waals surface area contributed by atoms with E-state index in [1.54, 1.807) is 31.2 Å². The van der Waals surface area contributed by atoms with Crippen molar-refractivity contribution in [2.75, 3.05) is 6.61 Å². The van der Waals surface area contributed by atoms with Crippen LogP contribution in [0.15, 0.2) is 66.8 Å². The molecule has 2 aromatic rings. The van der Waals surface area contributed by atoms with Gasteiger partial charge in [0.1, 0.15) is 5.75 Å². The maximum atomic E-state index is 12.4. The van der Waals surface area contributed by atoms with Crippen molar-refractivity contribution in [2.24, 2.45) is 0 Å². The van der Waals surface area contributed by atoms with E-state index < -0.39 is 24.3 Å². The topological polar surface area (TPSA) is 69.7 Å². The summed E-state index contributed by atoms with van der Waals surface area (Å²) in [7, 11) is 0. The fourth-order valence-corrected chi connectivity index (χ4v) is 2.37. The van der Waals surface area contributed by atoms with Crippen molar-refractivity contribution in [1.29, 1.82) is 0 Å². The summed E-state index contributed by atoms with van der Waals surface area (Å²) in [6, 6.07) is 10.5. The number of hydrogen-bond donors (Lipinski definition) is 0. The number of ether oxygens (including phenoxy) is 2. The third kappa shape index (κ3) is 6.08. The molecule has 0 aliphatic carbocycles. The van der Waals surface area contributed by atoms with Crippen LogP contribution in [0.4, 0.5) is 0 Å². The summed E-state index contributed by atoms with van der Waals surface area (Å²) in [5.41, 5.74) is 0.290. The predicted octanol–water partition coefficient (Wildman–Crippen LogP) is 5.07. The molecular formula is C21H16Cl2O5. The van der Waals surface area contributed by atoms with E-state index >= 15 is 0 Å². The number of allylic oxidation sites excluding steroid dienone is 3. The second kappa shape index (κ2) is 10.4. The van der Waals surface area contributed by atoms with E-state index in [9.17, 15) is 14.4 Å². The van der Waals surface area contributed by atoms with Crippen molar-refractivity contribution < 1.29 is 23.9 Å². The number of rotatable bonds is 7. The number of carbonyl (C=O) groups excluding carboxylic acids is 3. The summed E-state index contributed by atoms with van der Waals surface area (Å²) in [6.07, 6.45) is 6.09. The summed E-state index contributed by atoms with van der Waals surface area (Å²) in [4.78, 5) is 36.3. The average molecular weight is 419 g/mol. The molecule has 0 heterocycles. The minimum atomic E-state index is -0.704. The van der Waals surface area contributed by atoms with Gasteiger partial charge in [-0.1, -0.05) is 53.6 Å². The van der Waals surface area contributed by atoms with Gasteiger partial charge < -0.3 is 9.47 Å². The van der Waals surface area contributed by atoms with Crippen LogP contribution >= 0.6 is 23.2 Å². The number of esters is 2. The molecule has 7 heteroatoms. The molecule has 0 aliphatic rings. The van der Waals surface area contributed by atoms with E-state index in [2.05, 4.69) is 0 Å². The van der Waals surface area contributed by atoms with E-state index in [1.807, 2.05) is 0 Å². The predicted molar refractivity (Wildman–Crippen MR) is 107 cm³/mol. The molecule has 0 bridgehead atoms. The number of halogens is 2. The van der Waals surface area contributed by atoms with E-state index in [0.717, 1.165) is 0 Å². The van der Waals surface area contributed by atoms with Gasteiger partial charge in [-0.3, -0.25) is 4.79 Å². The molecule has 0 amide bonds. The molecule has 0 aromatic heterocycles. The molecule has 2 aromatic carbocycles. The number of Topliss-reactive ketones (excluding diaryl/α,β-unsaturated/α-hetero) is 1. The minimum absolute atomic E-state index is 0.0454. The highest BCUT2D eigenvalue weighted by atomic mass is 35.5. The summed E-state index contributed by atoms with van der Waals surface area (Å²) in [6.45, 7) is 1.32. The molecule has 0 fully saturated rings. The molecule has 2 rings (SSSR count).